The van der Waals surface area contributed by atoms with Gasteiger partial charge >= 0.3 is 0 Å². The molecule has 80 valence electrons. The van der Waals surface area contributed by atoms with Crippen LogP contribution >= 0.6 is 0 Å². The minimum absolute atomic E-state index is 0.317. The highest BCUT2D eigenvalue weighted by atomic mass is 16.1. The summed E-state index contributed by atoms with van der Waals surface area (Å²) in [6.45, 7) is 0. The van der Waals surface area contributed by atoms with Crippen molar-refractivity contribution in [2.45, 2.75) is 19.3 Å². The first-order chi connectivity index (χ1) is 7.86. The molecule has 2 aliphatic carbocycles. The summed E-state index contributed by atoms with van der Waals surface area (Å²) in [5.74, 6) is 0.797. The number of carbonyl (C=O) groups excluding carboxylic acids is 1. The molecule has 0 amide bonds. The van der Waals surface area contributed by atoms with Gasteiger partial charge in [-0.15, -0.1) is 0 Å². The minimum Gasteiger partial charge on any atom is -0.294 e. The smallest absolute Gasteiger partial charge is 0.164 e. The second-order valence-corrected chi connectivity index (χ2v) is 4.50. The second kappa shape index (κ2) is 3.75. The zero-order valence-corrected chi connectivity index (χ0v) is 9.15. The molecule has 1 aromatic rings. The van der Waals surface area contributed by atoms with Crippen molar-refractivity contribution >= 4 is 11.4 Å². The Morgan fingerprint density at radius 3 is 2.75 bits per heavy atom. The third-order valence-electron chi connectivity index (χ3n) is 3.48. The van der Waals surface area contributed by atoms with E-state index in [2.05, 4.69) is 12.2 Å². The van der Waals surface area contributed by atoms with Gasteiger partial charge in [-0.2, -0.15) is 0 Å². The molecular weight excluding hydrogens is 196 g/mol. The molecule has 16 heavy (non-hydrogen) atoms. The fourth-order valence-corrected chi connectivity index (χ4v) is 2.72. The number of ketones is 1. The molecule has 1 heteroatoms. The molecule has 0 N–H and O–H groups in total. The maximum Gasteiger partial charge on any atom is 0.164 e. The molecule has 2 aliphatic rings. The number of Topliss-reactive ketones (excluding diaryl/α,β-unsaturated/α-hetero) is 1. The van der Waals surface area contributed by atoms with Crippen LogP contribution < -0.4 is 0 Å². The molecule has 3 rings (SSSR count). The molecule has 1 atom stereocenters. The maximum atomic E-state index is 12.0. The van der Waals surface area contributed by atoms with Gasteiger partial charge in [0.05, 0.1) is 0 Å². The van der Waals surface area contributed by atoms with Crippen molar-refractivity contribution in [1.82, 2.24) is 0 Å². The van der Waals surface area contributed by atoms with Crippen LogP contribution in [0.25, 0.3) is 5.57 Å². The van der Waals surface area contributed by atoms with Crippen LogP contribution in [0.1, 0.15) is 24.8 Å². The fraction of sp³-hybridized carbons (Fsp3) is 0.267. The molecule has 0 saturated carbocycles. The van der Waals surface area contributed by atoms with Gasteiger partial charge in [0.1, 0.15) is 0 Å². The largest absolute Gasteiger partial charge is 0.294 e. The second-order valence-electron chi connectivity index (χ2n) is 4.50. The highest BCUT2D eigenvalue weighted by Crippen LogP contribution is 2.40. The van der Waals surface area contributed by atoms with E-state index in [1.165, 1.54) is 5.57 Å². The van der Waals surface area contributed by atoms with Crippen LogP contribution in [0.4, 0.5) is 0 Å². The van der Waals surface area contributed by atoms with Crippen LogP contribution in [0.2, 0.25) is 0 Å². The Labute approximate surface area is 95.5 Å². The van der Waals surface area contributed by atoms with E-state index in [-0.39, 0.29) is 0 Å². The molecule has 0 aromatic heterocycles. The Balaban J connectivity index is 2.14. The van der Waals surface area contributed by atoms with Gasteiger partial charge in [-0.05, 0) is 29.9 Å². The predicted molar refractivity (Wildman–Crippen MR) is 64.9 cm³/mol. The number of allylic oxidation sites excluding steroid dienone is 4. The summed E-state index contributed by atoms with van der Waals surface area (Å²) in [6, 6.07) is 10.0. The van der Waals surface area contributed by atoms with Gasteiger partial charge < -0.3 is 0 Å². The summed E-state index contributed by atoms with van der Waals surface area (Å²) < 4.78 is 0. The fourth-order valence-electron chi connectivity index (χ4n) is 2.72. The summed E-state index contributed by atoms with van der Waals surface area (Å²) in [5, 5.41) is 0. The molecule has 0 aliphatic heterocycles. The molecule has 0 fully saturated rings. The standard InChI is InChI=1S/C15H14O/c16-14-10-12-8-4-5-9-13(12)15(14)11-6-2-1-3-7-11/h1-3,5-7,9,12H,4,8,10H2. The molecule has 0 heterocycles. The van der Waals surface area contributed by atoms with Gasteiger partial charge in [0, 0.05) is 12.0 Å². The van der Waals surface area contributed by atoms with Crippen LogP contribution in [-0.4, -0.2) is 5.78 Å². The number of hydrogen-bond acceptors (Lipinski definition) is 1. The minimum atomic E-state index is 0.317. The van der Waals surface area contributed by atoms with E-state index in [4.69, 9.17) is 0 Å². The highest BCUT2D eigenvalue weighted by molar-refractivity contribution is 6.24. The average molecular weight is 210 g/mol. The molecule has 0 radical (unpaired) electrons. The van der Waals surface area contributed by atoms with Crippen molar-refractivity contribution in [3.8, 4) is 0 Å². The van der Waals surface area contributed by atoms with Gasteiger partial charge in [-0.3, -0.25) is 4.79 Å². The Morgan fingerprint density at radius 2 is 1.94 bits per heavy atom. The Morgan fingerprint density at radius 1 is 1.12 bits per heavy atom. The third-order valence-corrected chi connectivity index (χ3v) is 3.48. The summed E-state index contributed by atoms with van der Waals surface area (Å²) in [5.41, 5.74) is 3.31. The lowest BCUT2D eigenvalue weighted by Crippen LogP contribution is -2.01. The number of fused-ring (bicyclic) bond motifs is 1. The lowest BCUT2D eigenvalue weighted by atomic mass is 9.89. The van der Waals surface area contributed by atoms with E-state index >= 15 is 0 Å². The van der Waals surface area contributed by atoms with Gasteiger partial charge in [-0.1, -0.05) is 42.5 Å². The van der Waals surface area contributed by atoms with E-state index < -0.39 is 0 Å². The maximum absolute atomic E-state index is 12.0. The summed E-state index contributed by atoms with van der Waals surface area (Å²) in [7, 11) is 0. The third kappa shape index (κ3) is 1.44. The first-order valence-electron chi connectivity index (χ1n) is 5.85. The average Bonchev–Trinajstić information content (AvgIpc) is 2.66. The Hall–Kier alpha value is -1.63. The van der Waals surface area contributed by atoms with Crippen LogP contribution in [-0.2, 0) is 4.79 Å². The first-order valence-corrected chi connectivity index (χ1v) is 5.85. The van der Waals surface area contributed by atoms with Crippen molar-refractivity contribution < 1.29 is 4.79 Å². The molecular formula is C15H14O. The van der Waals surface area contributed by atoms with E-state index in [0.29, 0.717) is 18.1 Å². The number of carbonyl (C=O) groups is 1. The first kappa shape index (κ1) is 9.59. The summed E-state index contributed by atoms with van der Waals surface area (Å²) in [6.07, 6.45) is 7.30. The molecule has 0 bridgehead atoms. The van der Waals surface area contributed by atoms with Gasteiger partial charge in [0.25, 0.3) is 0 Å². The van der Waals surface area contributed by atoms with E-state index in [9.17, 15) is 4.79 Å². The van der Waals surface area contributed by atoms with Crippen LogP contribution in [0.15, 0.2) is 48.1 Å². The topological polar surface area (TPSA) is 17.1 Å². The molecule has 1 unspecified atom stereocenters. The zero-order valence-electron chi connectivity index (χ0n) is 9.15. The van der Waals surface area contributed by atoms with Crippen molar-refractivity contribution in [2.75, 3.05) is 0 Å². The Kier molecular flexibility index (Phi) is 2.24. The number of benzene rings is 1. The Bertz CT molecular complexity index is 479. The van der Waals surface area contributed by atoms with E-state index in [0.717, 1.165) is 24.0 Å². The molecule has 0 saturated heterocycles. The van der Waals surface area contributed by atoms with Crippen LogP contribution in [0.3, 0.4) is 0 Å². The lowest BCUT2D eigenvalue weighted by molar-refractivity contribution is -0.113. The van der Waals surface area contributed by atoms with E-state index in [1.54, 1.807) is 0 Å². The van der Waals surface area contributed by atoms with Crippen molar-refractivity contribution in [3.63, 3.8) is 0 Å². The number of rotatable bonds is 1. The lowest BCUT2D eigenvalue weighted by Gasteiger charge is -2.14. The van der Waals surface area contributed by atoms with E-state index in [1.807, 2.05) is 30.3 Å². The number of hydrogen-bond donors (Lipinski definition) is 0. The quantitative estimate of drug-likeness (QED) is 0.694. The summed E-state index contributed by atoms with van der Waals surface area (Å²) >= 11 is 0. The SMILES string of the molecule is O=C1CC2CCC=CC2=C1c1ccccc1. The molecule has 1 nitrogen and oxygen atoms in total. The van der Waals surface area contributed by atoms with Gasteiger partial charge in [0.15, 0.2) is 5.78 Å². The van der Waals surface area contributed by atoms with Gasteiger partial charge in [-0.25, -0.2) is 0 Å². The monoisotopic (exact) mass is 210 g/mol. The van der Waals surface area contributed by atoms with Gasteiger partial charge in [0.2, 0.25) is 0 Å². The molecule has 0 spiro atoms. The van der Waals surface area contributed by atoms with Crippen molar-refractivity contribution in [2.24, 2.45) is 5.92 Å². The normalized spacial score (nSPS) is 23.8. The van der Waals surface area contributed by atoms with Crippen LogP contribution in [0, 0.1) is 5.92 Å². The van der Waals surface area contributed by atoms with Crippen LogP contribution in [0.5, 0.6) is 0 Å². The van der Waals surface area contributed by atoms with Crippen molar-refractivity contribution in [1.29, 1.82) is 0 Å². The van der Waals surface area contributed by atoms with Crippen molar-refractivity contribution in [3.05, 3.63) is 53.6 Å². The highest BCUT2D eigenvalue weighted by Gasteiger charge is 2.32. The summed E-state index contributed by atoms with van der Waals surface area (Å²) in [4.78, 5) is 12.0. The molecule has 1 aromatic carbocycles. The zero-order chi connectivity index (χ0) is 11.0. The predicted octanol–water partition coefficient (Wildman–Crippen LogP) is 3.38.